The summed E-state index contributed by atoms with van der Waals surface area (Å²) in [6, 6.07) is 17.2. The minimum Gasteiger partial charge on any atom is -0.493 e. The summed E-state index contributed by atoms with van der Waals surface area (Å²) >= 11 is 0. The van der Waals surface area contributed by atoms with Crippen molar-refractivity contribution in [2.24, 2.45) is 5.10 Å². The molecule has 0 saturated heterocycles. The highest BCUT2D eigenvalue weighted by molar-refractivity contribution is 5.91. The predicted octanol–water partition coefficient (Wildman–Crippen LogP) is 4.95. The molecule has 0 unspecified atom stereocenters. The maximum Gasteiger partial charge on any atom is 0.339 e. The molecule has 0 aliphatic rings. The van der Waals surface area contributed by atoms with Crippen LogP contribution in [0.5, 0.6) is 11.5 Å². The summed E-state index contributed by atoms with van der Waals surface area (Å²) in [6.45, 7) is 3.96. The number of aryl methyl sites for hydroxylation is 2. The van der Waals surface area contributed by atoms with Crippen LogP contribution in [-0.2, 0) is 6.61 Å². The van der Waals surface area contributed by atoms with Crippen LogP contribution in [0.1, 0.15) is 22.3 Å². The van der Waals surface area contributed by atoms with E-state index in [1.54, 1.807) is 18.2 Å². The molecular weight excluding hydrogens is 424 g/mol. The molecule has 3 rings (SSSR count). The van der Waals surface area contributed by atoms with Gasteiger partial charge in [0.2, 0.25) is 5.75 Å². The molecule has 0 saturated carbocycles. The van der Waals surface area contributed by atoms with Crippen molar-refractivity contribution in [2.45, 2.75) is 20.5 Å². The number of hydrogen-bond donors (Lipinski definition) is 2. The summed E-state index contributed by atoms with van der Waals surface area (Å²) in [7, 11) is 1.40. The number of ether oxygens (including phenoxy) is 2. The van der Waals surface area contributed by atoms with Crippen molar-refractivity contribution in [1.82, 2.24) is 5.43 Å². The van der Waals surface area contributed by atoms with E-state index in [-0.39, 0.29) is 23.8 Å². The van der Waals surface area contributed by atoms with Crippen molar-refractivity contribution in [2.75, 3.05) is 12.4 Å². The normalized spacial score (nSPS) is 10.6. The summed E-state index contributed by atoms with van der Waals surface area (Å²) in [6.07, 6.45) is 1.29. The Labute approximate surface area is 191 Å². The van der Waals surface area contributed by atoms with Crippen LogP contribution in [0.3, 0.4) is 0 Å². The number of carbonyl (C=O) groups is 1. The summed E-state index contributed by atoms with van der Waals surface area (Å²) < 4.78 is 11.1. The molecule has 0 aromatic heterocycles. The van der Waals surface area contributed by atoms with Gasteiger partial charge in [0.15, 0.2) is 5.75 Å². The molecule has 2 amide bonds. The molecule has 3 aromatic carbocycles. The fourth-order valence-electron chi connectivity index (χ4n) is 3.07. The SMILES string of the molecule is COc1cc(/C=N\NC(=O)Nc2ccccc2C)cc([N+](=O)[O-])c1OCc1ccccc1C. The highest BCUT2D eigenvalue weighted by Gasteiger charge is 2.22. The number of urea groups is 1. The van der Waals surface area contributed by atoms with Crippen LogP contribution in [0.15, 0.2) is 65.8 Å². The first-order valence-corrected chi connectivity index (χ1v) is 10.1. The molecule has 2 N–H and O–H groups in total. The number of para-hydroxylation sites is 1. The minimum absolute atomic E-state index is 0.0214. The first-order valence-electron chi connectivity index (χ1n) is 10.1. The van der Waals surface area contributed by atoms with Crippen LogP contribution in [-0.4, -0.2) is 24.3 Å². The highest BCUT2D eigenvalue weighted by Crippen LogP contribution is 2.38. The fraction of sp³-hybridized carbons (Fsp3) is 0.167. The third-order valence-electron chi connectivity index (χ3n) is 4.88. The van der Waals surface area contributed by atoms with Gasteiger partial charge >= 0.3 is 11.7 Å². The van der Waals surface area contributed by atoms with Crippen molar-refractivity contribution in [1.29, 1.82) is 0 Å². The van der Waals surface area contributed by atoms with Gasteiger partial charge in [0, 0.05) is 17.3 Å². The Morgan fingerprint density at radius 1 is 1.09 bits per heavy atom. The largest absolute Gasteiger partial charge is 0.493 e. The molecule has 0 bridgehead atoms. The number of rotatable bonds is 8. The van der Waals surface area contributed by atoms with Gasteiger partial charge in [0.1, 0.15) is 6.61 Å². The second kappa shape index (κ2) is 10.8. The molecule has 0 spiro atoms. The Kier molecular flexibility index (Phi) is 7.59. The van der Waals surface area contributed by atoms with Crippen LogP contribution in [0.25, 0.3) is 0 Å². The van der Waals surface area contributed by atoms with Crippen LogP contribution in [0.4, 0.5) is 16.2 Å². The first kappa shape index (κ1) is 23.3. The van der Waals surface area contributed by atoms with Crippen LogP contribution in [0, 0.1) is 24.0 Å². The van der Waals surface area contributed by atoms with Gasteiger partial charge in [0.05, 0.1) is 18.2 Å². The molecule has 170 valence electrons. The molecule has 3 aromatic rings. The van der Waals surface area contributed by atoms with Crippen LogP contribution < -0.4 is 20.2 Å². The van der Waals surface area contributed by atoms with E-state index < -0.39 is 11.0 Å². The molecule has 0 fully saturated rings. The van der Waals surface area contributed by atoms with E-state index in [4.69, 9.17) is 9.47 Å². The van der Waals surface area contributed by atoms with Crippen molar-refractivity contribution >= 4 is 23.6 Å². The number of amides is 2. The maximum absolute atomic E-state index is 12.1. The topological polar surface area (TPSA) is 115 Å². The number of benzene rings is 3. The Morgan fingerprint density at radius 3 is 2.45 bits per heavy atom. The average Bonchev–Trinajstić information content (AvgIpc) is 2.80. The zero-order chi connectivity index (χ0) is 23.8. The molecule has 0 aliphatic carbocycles. The third-order valence-corrected chi connectivity index (χ3v) is 4.88. The molecule has 33 heavy (non-hydrogen) atoms. The number of nitro groups is 1. The number of methoxy groups -OCH3 is 1. The Hall–Kier alpha value is -4.40. The lowest BCUT2D eigenvalue weighted by molar-refractivity contribution is -0.386. The second-order valence-corrected chi connectivity index (χ2v) is 7.18. The lowest BCUT2D eigenvalue weighted by atomic mass is 10.1. The predicted molar refractivity (Wildman–Crippen MR) is 126 cm³/mol. The number of nitro benzene ring substituents is 1. The monoisotopic (exact) mass is 448 g/mol. The number of hydrazone groups is 1. The van der Waals surface area contributed by atoms with Gasteiger partial charge in [-0.1, -0.05) is 42.5 Å². The van der Waals surface area contributed by atoms with Crippen molar-refractivity contribution < 1.29 is 19.2 Å². The van der Waals surface area contributed by atoms with E-state index in [0.29, 0.717) is 11.3 Å². The van der Waals surface area contributed by atoms with Gasteiger partial charge in [-0.3, -0.25) is 10.1 Å². The van der Waals surface area contributed by atoms with Crippen LogP contribution in [0.2, 0.25) is 0 Å². The number of anilines is 1. The van der Waals surface area contributed by atoms with Gasteiger partial charge in [0.25, 0.3) is 0 Å². The van der Waals surface area contributed by atoms with Gasteiger partial charge in [-0.25, -0.2) is 10.2 Å². The van der Waals surface area contributed by atoms with E-state index in [2.05, 4.69) is 15.8 Å². The van der Waals surface area contributed by atoms with E-state index in [1.807, 2.05) is 50.2 Å². The Morgan fingerprint density at radius 2 is 1.79 bits per heavy atom. The standard InChI is InChI=1S/C24H24N4O5/c1-16-8-4-6-10-19(16)15-33-23-21(28(30)31)12-18(13-22(23)32-3)14-25-27-24(29)26-20-11-7-5-9-17(20)2/h4-14H,15H2,1-3H3,(H2,26,27,29)/b25-14-. The average molecular weight is 448 g/mol. The van der Waals surface area contributed by atoms with Gasteiger partial charge in [-0.2, -0.15) is 5.10 Å². The molecular formula is C24H24N4O5. The lowest BCUT2D eigenvalue weighted by Gasteiger charge is -2.13. The van der Waals surface area contributed by atoms with E-state index in [9.17, 15) is 14.9 Å². The van der Waals surface area contributed by atoms with Gasteiger partial charge in [-0.05, 0) is 42.7 Å². The Bertz CT molecular complexity index is 1190. The summed E-state index contributed by atoms with van der Waals surface area (Å²) in [4.78, 5) is 23.2. The summed E-state index contributed by atoms with van der Waals surface area (Å²) in [5.74, 6) is 0.205. The zero-order valence-electron chi connectivity index (χ0n) is 18.5. The zero-order valence-corrected chi connectivity index (χ0v) is 18.5. The van der Waals surface area contributed by atoms with Crippen molar-refractivity contribution in [3.8, 4) is 11.5 Å². The van der Waals surface area contributed by atoms with Crippen LogP contribution >= 0.6 is 0 Å². The first-order chi connectivity index (χ1) is 15.9. The van der Waals surface area contributed by atoms with Crippen molar-refractivity contribution in [3.63, 3.8) is 0 Å². The fourth-order valence-corrected chi connectivity index (χ4v) is 3.07. The van der Waals surface area contributed by atoms with E-state index in [0.717, 1.165) is 16.7 Å². The number of nitrogens with one attached hydrogen (secondary N) is 2. The molecule has 0 aliphatic heterocycles. The van der Waals surface area contributed by atoms with Gasteiger partial charge < -0.3 is 14.8 Å². The van der Waals surface area contributed by atoms with E-state index in [1.165, 1.54) is 19.4 Å². The summed E-state index contributed by atoms with van der Waals surface area (Å²) in [5.41, 5.74) is 5.90. The highest BCUT2D eigenvalue weighted by atomic mass is 16.6. The minimum atomic E-state index is -0.550. The van der Waals surface area contributed by atoms with Crippen molar-refractivity contribution in [3.05, 3.63) is 93.0 Å². The number of nitrogens with zero attached hydrogens (tertiary/aromatic N) is 2. The molecule has 0 atom stereocenters. The number of carbonyl (C=O) groups excluding carboxylic acids is 1. The molecule has 0 heterocycles. The number of hydrogen-bond acceptors (Lipinski definition) is 6. The lowest BCUT2D eigenvalue weighted by Crippen LogP contribution is -2.24. The van der Waals surface area contributed by atoms with Gasteiger partial charge in [-0.15, -0.1) is 0 Å². The second-order valence-electron chi connectivity index (χ2n) is 7.18. The molecule has 0 radical (unpaired) electrons. The molecule has 9 heteroatoms. The third kappa shape index (κ3) is 6.07. The van der Waals surface area contributed by atoms with E-state index >= 15 is 0 Å². The molecule has 9 nitrogen and oxygen atoms in total. The Balaban J connectivity index is 1.75. The quantitative estimate of drug-likeness (QED) is 0.287. The summed E-state index contributed by atoms with van der Waals surface area (Å²) in [5, 5.41) is 18.2. The smallest absolute Gasteiger partial charge is 0.339 e. The maximum atomic E-state index is 12.1.